The minimum absolute atomic E-state index is 0.0978. The van der Waals surface area contributed by atoms with Gasteiger partial charge in [0.15, 0.2) is 11.5 Å². The Balaban J connectivity index is 1.32. The molecular formula is C30H22N6O8S. The quantitative estimate of drug-likeness (QED) is 0.0698. The Hall–Kier alpha value is -6.19. The van der Waals surface area contributed by atoms with Crippen LogP contribution in [0.4, 0.5) is 22.7 Å². The number of anilines is 4. The van der Waals surface area contributed by atoms with Crippen LogP contribution in [0.3, 0.4) is 0 Å². The molecule has 0 radical (unpaired) electrons. The van der Waals surface area contributed by atoms with Crippen LogP contribution in [0, 0.1) is 0 Å². The number of carboxylic acid groups (broad SMARTS) is 1. The van der Waals surface area contributed by atoms with Crippen molar-refractivity contribution >= 4 is 73.8 Å². The fraction of sp³-hybridized carbons (Fsp3) is 0. The highest BCUT2D eigenvalue weighted by atomic mass is 32.2. The van der Waals surface area contributed by atoms with Crippen molar-refractivity contribution in [3.8, 4) is 0 Å². The van der Waals surface area contributed by atoms with Gasteiger partial charge in [-0.1, -0.05) is 18.2 Å². The normalized spacial score (nSPS) is 16.1. The minimum Gasteiger partial charge on any atom is -0.478 e. The molecule has 226 valence electrons. The van der Waals surface area contributed by atoms with E-state index >= 15 is 0 Å². The van der Waals surface area contributed by atoms with Crippen molar-refractivity contribution in [1.82, 2.24) is 0 Å². The second-order valence-electron chi connectivity index (χ2n) is 9.52. The number of allylic oxidation sites excluding steroid dienone is 4. The number of carboxylic acids is 1. The van der Waals surface area contributed by atoms with Gasteiger partial charge in [-0.25, -0.2) is 4.79 Å². The molecule has 0 fully saturated rings. The maximum absolute atomic E-state index is 13.1. The molecule has 45 heavy (non-hydrogen) atoms. The molecule has 0 saturated carbocycles. The number of nitrogens with one attached hydrogen (secondary N) is 3. The van der Waals surface area contributed by atoms with Crippen LogP contribution in [0.25, 0.3) is 6.08 Å². The number of para-hydroxylation sites is 2. The van der Waals surface area contributed by atoms with Gasteiger partial charge < -0.3 is 16.2 Å². The van der Waals surface area contributed by atoms with Crippen molar-refractivity contribution in [2.45, 2.75) is 0 Å². The van der Waals surface area contributed by atoms with Gasteiger partial charge >= 0.3 is 5.97 Å². The summed E-state index contributed by atoms with van der Waals surface area (Å²) in [4.78, 5) is 48.2. The summed E-state index contributed by atoms with van der Waals surface area (Å²) in [6.45, 7) is 0. The Morgan fingerprint density at radius 2 is 1.56 bits per heavy atom. The van der Waals surface area contributed by atoms with Crippen LogP contribution < -0.4 is 21.9 Å². The summed E-state index contributed by atoms with van der Waals surface area (Å²) < 4.78 is 34.0. The number of nitrogen functional groups attached to an aromatic ring is 1. The van der Waals surface area contributed by atoms with Crippen molar-refractivity contribution < 1.29 is 37.3 Å². The van der Waals surface area contributed by atoms with Crippen LogP contribution in [0.2, 0.25) is 0 Å². The zero-order valence-electron chi connectivity index (χ0n) is 22.9. The molecule has 0 aliphatic heterocycles. The van der Waals surface area contributed by atoms with Crippen LogP contribution in [0.15, 0.2) is 106 Å². The summed E-state index contributed by atoms with van der Waals surface area (Å²) in [7, 11) is -4.84. The van der Waals surface area contributed by atoms with Crippen LogP contribution in [0.5, 0.6) is 0 Å². The van der Waals surface area contributed by atoms with Crippen molar-refractivity contribution in [1.29, 1.82) is 0 Å². The second kappa shape index (κ2) is 12.2. The zero-order chi connectivity index (χ0) is 32.3. The third-order valence-corrected chi connectivity index (χ3v) is 7.32. The summed E-state index contributed by atoms with van der Waals surface area (Å²) >= 11 is 0. The second-order valence-corrected chi connectivity index (χ2v) is 10.9. The van der Waals surface area contributed by atoms with E-state index in [1.807, 2.05) is 0 Å². The largest absolute Gasteiger partial charge is 0.478 e. The lowest BCUT2D eigenvalue weighted by molar-refractivity contribution is -0.134. The SMILES string of the molecule is Nc1ccc2c(c1)C(=O)/C(=N/Nc1ccccc1NC(=O)c1ccc(N/N=C3/C=CC(=O)C(C(=O)O)=C3)cc1)C(S(=O)(=O)O)=C2. The first-order valence-electron chi connectivity index (χ1n) is 12.9. The lowest BCUT2D eigenvalue weighted by atomic mass is 9.94. The molecule has 15 heteroatoms. The van der Waals surface area contributed by atoms with E-state index in [-0.39, 0.29) is 39.5 Å². The predicted molar refractivity (Wildman–Crippen MR) is 168 cm³/mol. The Labute approximate surface area is 255 Å². The van der Waals surface area contributed by atoms with Crippen LogP contribution >= 0.6 is 0 Å². The van der Waals surface area contributed by atoms with E-state index in [2.05, 4.69) is 26.4 Å². The molecule has 2 aliphatic rings. The molecule has 5 rings (SSSR count). The summed E-state index contributed by atoms with van der Waals surface area (Å²) in [6.07, 6.45) is 4.71. The van der Waals surface area contributed by atoms with E-state index < -0.39 is 49.8 Å². The van der Waals surface area contributed by atoms with E-state index in [0.717, 1.165) is 18.2 Å². The lowest BCUT2D eigenvalue weighted by Gasteiger charge is -2.17. The smallest absolute Gasteiger partial charge is 0.339 e. The maximum atomic E-state index is 13.1. The molecule has 14 nitrogen and oxygen atoms in total. The van der Waals surface area contributed by atoms with E-state index in [1.54, 1.807) is 30.3 Å². The molecule has 0 aromatic heterocycles. The Kier molecular flexibility index (Phi) is 8.21. The van der Waals surface area contributed by atoms with Gasteiger partial charge in [0.1, 0.15) is 10.5 Å². The summed E-state index contributed by atoms with van der Waals surface area (Å²) in [6, 6.07) is 16.7. The fourth-order valence-corrected chi connectivity index (χ4v) is 4.89. The summed E-state index contributed by atoms with van der Waals surface area (Å²) in [5, 5.41) is 19.8. The Morgan fingerprint density at radius 3 is 2.24 bits per heavy atom. The summed E-state index contributed by atoms with van der Waals surface area (Å²) in [5.41, 5.74) is 12.1. The fourth-order valence-electron chi connectivity index (χ4n) is 4.23. The van der Waals surface area contributed by atoms with Crippen LogP contribution in [-0.4, -0.2) is 52.9 Å². The van der Waals surface area contributed by atoms with Crippen molar-refractivity contribution in [3.05, 3.63) is 112 Å². The average Bonchev–Trinajstić information content (AvgIpc) is 3.00. The summed E-state index contributed by atoms with van der Waals surface area (Å²) in [5.74, 6) is -3.31. The molecule has 3 aromatic carbocycles. The maximum Gasteiger partial charge on any atom is 0.339 e. The number of Topliss-reactive ketones (excluding diaryl/α,β-unsaturated/α-hetero) is 1. The van der Waals surface area contributed by atoms with E-state index in [1.165, 1.54) is 42.5 Å². The first kappa shape index (κ1) is 30.3. The van der Waals surface area contributed by atoms with Crippen molar-refractivity contribution in [3.63, 3.8) is 0 Å². The standard InChI is InChI=1S/C30H22N6O8S/c31-18-8-5-17-13-26(45(42,43)44)27(28(38)21(17)14-18)36-35-24-4-2-1-3-23(24)32-29(39)16-6-9-19(10-7-16)33-34-20-11-12-25(37)22(15-20)30(40)41/h1-15,33,35H,31H2,(H,32,39)(H,40,41)(H,42,43,44)/b34-20-,36-27+. The highest BCUT2D eigenvalue weighted by molar-refractivity contribution is 7.91. The van der Waals surface area contributed by atoms with Gasteiger partial charge in [0.2, 0.25) is 5.78 Å². The van der Waals surface area contributed by atoms with Gasteiger partial charge in [-0.05, 0) is 78.4 Å². The molecule has 0 bridgehead atoms. The molecule has 0 atom stereocenters. The predicted octanol–water partition coefficient (Wildman–Crippen LogP) is 3.33. The minimum atomic E-state index is -4.84. The number of hydrogen-bond donors (Lipinski definition) is 6. The van der Waals surface area contributed by atoms with Gasteiger partial charge in [0.05, 0.1) is 22.8 Å². The number of carbonyl (C=O) groups excluding carboxylic acids is 3. The van der Waals surface area contributed by atoms with Crippen molar-refractivity contribution in [2.75, 3.05) is 21.9 Å². The molecular weight excluding hydrogens is 604 g/mol. The number of hydrazone groups is 2. The molecule has 1 amide bonds. The number of aliphatic carboxylic acids is 1. The van der Waals surface area contributed by atoms with E-state index in [9.17, 15) is 32.1 Å². The number of nitrogens with two attached hydrogens (primary N) is 1. The number of benzene rings is 3. The van der Waals surface area contributed by atoms with Gasteiger partial charge in [-0.2, -0.15) is 18.6 Å². The number of amides is 1. The highest BCUT2D eigenvalue weighted by Gasteiger charge is 2.33. The third kappa shape index (κ3) is 6.74. The van der Waals surface area contributed by atoms with Crippen molar-refractivity contribution in [2.24, 2.45) is 10.2 Å². The first-order chi connectivity index (χ1) is 21.4. The molecule has 0 spiro atoms. The molecule has 0 saturated heterocycles. The van der Waals surface area contributed by atoms with Crippen LogP contribution in [0.1, 0.15) is 26.3 Å². The van der Waals surface area contributed by atoms with Gasteiger partial charge in [0, 0.05) is 16.8 Å². The highest BCUT2D eigenvalue weighted by Crippen LogP contribution is 2.28. The topological polar surface area (TPSA) is 230 Å². The number of hydrogen-bond acceptors (Lipinski definition) is 11. The molecule has 3 aromatic rings. The first-order valence-corrected chi connectivity index (χ1v) is 14.3. The van der Waals surface area contributed by atoms with Gasteiger partial charge in [0.25, 0.3) is 16.0 Å². The number of nitrogens with zero attached hydrogens (tertiary/aromatic N) is 2. The molecule has 7 N–H and O–H groups in total. The van der Waals surface area contributed by atoms with Gasteiger partial charge in [-0.15, -0.1) is 0 Å². The number of ketones is 2. The van der Waals surface area contributed by atoms with Gasteiger partial charge in [-0.3, -0.25) is 29.8 Å². The third-order valence-electron chi connectivity index (χ3n) is 6.45. The molecule has 0 unspecified atom stereocenters. The Bertz CT molecular complexity index is 2040. The van der Waals surface area contributed by atoms with E-state index in [0.29, 0.717) is 5.69 Å². The molecule has 0 heterocycles. The number of fused-ring (bicyclic) bond motifs is 1. The van der Waals surface area contributed by atoms with Crippen LogP contribution in [-0.2, 0) is 19.7 Å². The number of rotatable bonds is 8. The zero-order valence-corrected chi connectivity index (χ0v) is 23.7. The number of carbonyl (C=O) groups is 4. The monoisotopic (exact) mass is 626 g/mol. The van der Waals surface area contributed by atoms with E-state index in [4.69, 9.17) is 10.8 Å². The molecule has 2 aliphatic carbocycles. The Morgan fingerprint density at radius 1 is 0.844 bits per heavy atom. The lowest BCUT2D eigenvalue weighted by Crippen LogP contribution is -2.27. The average molecular weight is 627 g/mol.